The first-order chi connectivity index (χ1) is 14.9. The van der Waals surface area contributed by atoms with Crippen molar-refractivity contribution < 1.29 is 13.2 Å². The highest BCUT2D eigenvalue weighted by Gasteiger charge is 2.27. The van der Waals surface area contributed by atoms with Crippen molar-refractivity contribution in [2.24, 2.45) is 0 Å². The normalized spacial score (nSPS) is 15.9. The lowest BCUT2D eigenvalue weighted by atomic mass is 9.94. The Morgan fingerprint density at radius 3 is 2.45 bits per heavy atom. The van der Waals surface area contributed by atoms with Gasteiger partial charge in [0, 0.05) is 35.5 Å². The summed E-state index contributed by atoms with van der Waals surface area (Å²) in [4.78, 5) is 16.6. The number of nitrogens with zero attached hydrogens (tertiary/aromatic N) is 1. The fraction of sp³-hybridized carbons (Fsp3) is 0.217. The number of carbonyl (C=O) groups is 1. The molecule has 2 aliphatic rings. The van der Waals surface area contributed by atoms with E-state index in [2.05, 4.69) is 15.0 Å². The van der Waals surface area contributed by atoms with Crippen LogP contribution in [0.4, 0.5) is 5.82 Å². The number of sulfonamides is 1. The third-order valence-corrected chi connectivity index (χ3v) is 7.19. The number of carbonyl (C=O) groups excluding carboxylic acids is 1. The molecule has 0 atom stereocenters. The average molecular weight is 435 g/mol. The van der Waals surface area contributed by atoms with E-state index in [1.165, 1.54) is 0 Å². The third kappa shape index (κ3) is 3.92. The molecule has 7 nitrogen and oxygen atoms in total. The molecule has 0 radical (unpaired) electrons. The molecule has 1 saturated carbocycles. The maximum atomic E-state index is 12.4. The number of benzene rings is 2. The van der Waals surface area contributed by atoms with Gasteiger partial charge in [-0.05, 0) is 60.2 Å². The van der Waals surface area contributed by atoms with E-state index < -0.39 is 10.0 Å². The van der Waals surface area contributed by atoms with Crippen LogP contribution in [0.15, 0.2) is 59.6 Å². The highest BCUT2D eigenvalue weighted by molar-refractivity contribution is 7.89. The fourth-order valence-corrected chi connectivity index (χ4v) is 5.08. The zero-order valence-corrected chi connectivity index (χ0v) is 17.6. The Kier molecular flexibility index (Phi) is 4.75. The molecule has 1 fully saturated rings. The molecule has 1 aromatic heterocycles. The van der Waals surface area contributed by atoms with Gasteiger partial charge in [-0.1, -0.05) is 24.3 Å². The SMILES string of the molecule is Nc1ncc(-c2ccc(S(=O)(=O)NC3CC3)cc2)cc1-c1ccc2c(c1)CCNC2=O. The molecular formula is C23H22N4O3S. The Morgan fingerprint density at radius 2 is 1.71 bits per heavy atom. The molecule has 0 spiro atoms. The Bertz CT molecular complexity index is 1280. The van der Waals surface area contributed by atoms with E-state index in [9.17, 15) is 13.2 Å². The molecule has 4 N–H and O–H groups in total. The van der Waals surface area contributed by atoms with Crippen molar-refractivity contribution in [3.63, 3.8) is 0 Å². The average Bonchev–Trinajstić information content (AvgIpc) is 3.57. The van der Waals surface area contributed by atoms with Gasteiger partial charge in [0.1, 0.15) is 5.82 Å². The molecule has 8 heteroatoms. The molecule has 0 unspecified atom stereocenters. The number of nitrogens with one attached hydrogen (secondary N) is 2. The van der Waals surface area contributed by atoms with Gasteiger partial charge < -0.3 is 11.1 Å². The van der Waals surface area contributed by atoms with E-state index in [1.54, 1.807) is 30.5 Å². The van der Waals surface area contributed by atoms with Crippen LogP contribution in [0.3, 0.4) is 0 Å². The number of hydrogen-bond donors (Lipinski definition) is 3. The molecule has 158 valence electrons. The minimum Gasteiger partial charge on any atom is -0.383 e. The van der Waals surface area contributed by atoms with Crippen molar-refractivity contribution in [3.8, 4) is 22.3 Å². The van der Waals surface area contributed by atoms with Gasteiger partial charge in [-0.3, -0.25) is 4.79 Å². The molecule has 1 aliphatic carbocycles. The quantitative estimate of drug-likeness (QED) is 0.571. The monoisotopic (exact) mass is 434 g/mol. The van der Waals surface area contributed by atoms with Gasteiger partial charge in [0.15, 0.2) is 0 Å². The van der Waals surface area contributed by atoms with E-state index in [1.807, 2.05) is 24.3 Å². The number of hydrogen-bond acceptors (Lipinski definition) is 5. The van der Waals surface area contributed by atoms with E-state index in [0.29, 0.717) is 17.9 Å². The van der Waals surface area contributed by atoms with Gasteiger partial charge >= 0.3 is 0 Å². The van der Waals surface area contributed by atoms with Gasteiger partial charge in [-0.25, -0.2) is 18.1 Å². The zero-order valence-electron chi connectivity index (χ0n) is 16.8. The second-order valence-corrected chi connectivity index (χ2v) is 9.67. The van der Waals surface area contributed by atoms with Crippen molar-refractivity contribution in [1.82, 2.24) is 15.0 Å². The van der Waals surface area contributed by atoms with Crippen LogP contribution in [-0.2, 0) is 16.4 Å². The maximum Gasteiger partial charge on any atom is 0.251 e. The van der Waals surface area contributed by atoms with Crippen LogP contribution in [0.1, 0.15) is 28.8 Å². The lowest BCUT2D eigenvalue weighted by molar-refractivity contribution is 0.0946. The van der Waals surface area contributed by atoms with Crippen molar-refractivity contribution in [2.45, 2.75) is 30.2 Å². The van der Waals surface area contributed by atoms with Crippen LogP contribution >= 0.6 is 0 Å². The van der Waals surface area contributed by atoms with Gasteiger partial charge in [-0.15, -0.1) is 0 Å². The number of aromatic nitrogens is 1. The molecule has 1 amide bonds. The summed E-state index contributed by atoms with van der Waals surface area (Å²) >= 11 is 0. The van der Waals surface area contributed by atoms with E-state index in [0.717, 1.165) is 47.1 Å². The summed E-state index contributed by atoms with van der Waals surface area (Å²) in [7, 11) is -3.49. The van der Waals surface area contributed by atoms with Gasteiger partial charge in [0.25, 0.3) is 5.91 Å². The Labute approximate surface area is 180 Å². The topological polar surface area (TPSA) is 114 Å². The first-order valence-electron chi connectivity index (χ1n) is 10.2. The van der Waals surface area contributed by atoms with E-state index >= 15 is 0 Å². The minimum absolute atomic E-state index is 0.0566. The second-order valence-electron chi connectivity index (χ2n) is 7.95. The number of nitrogen functional groups attached to an aromatic ring is 1. The number of amides is 1. The van der Waals surface area contributed by atoms with Crippen LogP contribution < -0.4 is 15.8 Å². The molecule has 3 aromatic rings. The lowest BCUT2D eigenvalue weighted by Gasteiger charge is -2.18. The number of fused-ring (bicyclic) bond motifs is 1. The number of rotatable bonds is 5. The summed E-state index contributed by atoms with van der Waals surface area (Å²) < 4.78 is 27.5. The molecular weight excluding hydrogens is 412 g/mol. The first kappa shape index (κ1) is 19.7. The molecule has 0 bridgehead atoms. The Morgan fingerprint density at radius 1 is 0.968 bits per heavy atom. The summed E-state index contributed by atoms with van der Waals surface area (Å²) in [5.74, 6) is 0.343. The van der Waals surface area contributed by atoms with Crippen molar-refractivity contribution in [2.75, 3.05) is 12.3 Å². The number of anilines is 1. The summed E-state index contributed by atoms with van der Waals surface area (Å²) in [6.07, 6.45) is 4.23. The van der Waals surface area contributed by atoms with E-state index in [-0.39, 0.29) is 16.8 Å². The molecule has 1 aliphatic heterocycles. The first-order valence-corrected chi connectivity index (χ1v) is 11.7. The van der Waals surface area contributed by atoms with Gasteiger partial charge in [0.2, 0.25) is 10.0 Å². The summed E-state index contributed by atoms with van der Waals surface area (Å²) in [6.45, 7) is 0.619. The Balaban J connectivity index is 1.47. The van der Waals surface area contributed by atoms with E-state index in [4.69, 9.17) is 5.73 Å². The molecule has 2 heterocycles. The van der Waals surface area contributed by atoms with Crippen LogP contribution in [0, 0.1) is 0 Å². The third-order valence-electron chi connectivity index (χ3n) is 5.66. The summed E-state index contributed by atoms with van der Waals surface area (Å²) in [5, 5.41) is 2.84. The minimum atomic E-state index is -3.49. The largest absolute Gasteiger partial charge is 0.383 e. The Hall–Kier alpha value is -3.23. The predicted molar refractivity (Wildman–Crippen MR) is 119 cm³/mol. The fourth-order valence-electron chi connectivity index (χ4n) is 3.78. The predicted octanol–water partition coefficient (Wildman–Crippen LogP) is 2.72. The second kappa shape index (κ2) is 7.47. The van der Waals surface area contributed by atoms with Crippen LogP contribution in [-0.4, -0.2) is 31.9 Å². The molecule has 31 heavy (non-hydrogen) atoms. The molecule has 5 rings (SSSR count). The number of nitrogens with two attached hydrogens (primary N) is 1. The van der Waals surface area contributed by atoms with Crippen molar-refractivity contribution in [3.05, 3.63) is 65.9 Å². The zero-order chi connectivity index (χ0) is 21.6. The summed E-state index contributed by atoms with van der Waals surface area (Å²) in [5.41, 5.74) is 11.2. The van der Waals surface area contributed by atoms with Crippen molar-refractivity contribution >= 4 is 21.7 Å². The molecule has 0 saturated heterocycles. The van der Waals surface area contributed by atoms with Gasteiger partial charge in [0.05, 0.1) is 4.90 Å². The smallest absolute Gasteiger partial charge is 0.251 e. The highest BCUT2D eigenvalue weighted by Crippen LogP contribution is 2.32. The van der Waals surface area contributed by atoms with Crippen molar-refractivity contribution in [1.29, 1.82) is 0 Å². The number of pyridine rings is 1. The van der Waals surface area contributed by atoms with Crippen LogP contribution in [0.5, 0.6) is 0 Å². The lowest BCUT2D eigenvalue weighted by Crippen LogP contribution is -2.31. The van der Waals surface area contributed by atoms with Crippen LogP contribution in [0.25, 0.3) is 22.3 Å². The van der Waals surface area contributed by atoms with Crippen LogP contribution in [0.2, 0.25) is 0 Å². The highest BCUT2D eigenvalue weighted by atomic mass is 32.2. The molecule has 2 aromatic carbocycles. The summed E-state index contributed by atoms with van der Waals surface area (Å²) in [6, 6.07) is 14.4. The maximum absolute atomic E-state index is 12.4. The van der Waals surface area contributed by atoms with Gasteiger partial charge in [-0.2, -0.15) is 0 Å². The standard InChI is InChI=1S/C23H22N4O3S/c24-22-21(15-3-8-20-16(11-15)9-10-25-23(20)28)12-17(13-26-22)14-1-6-19(7-2-14)31(29,30)27-18-4-5-18/h1-3,6-8,11-13,18,27H,4-5,9-10H2,(H2,24,26)(H,25,28).